The summed E-state index contributed by atoms with van der Waals surface area (Å²) in [6, 6.07) is 5.75. The largest absolute Gasteiger partial charge is 0.497 e. The smallest absolute Gasteiger partial charge is 0.190 e. The Bertz CT molecular complexity index is 421. The molecule has 4 nitrogen and oxygen atoms in total. The molecular weight excluding hydrogens is 262 g/mol. The highest BCUT2D eigenvalue weighted by Crippen LogP contribution is 2.22. The second-order valence-corrected chi connectivity index (χ2v) is 4.54. The number of aliphatic imine (C=N–C) groups is 1. The fraction of sp³-hybridized carbons (Fsp3) is 0.500. The van der Waals surface area contributed by atoms with Gasteiger partial charge in [0.15, 0.2) is 5.96 Å². The Kier molecular flexibility index (Phi) is 7.11. The summed E-state index contributed by atoms with van der Waals surface area (Å²) < 4.78 is 5.13. The van der Waals surface area contributed by atoms with Crippen LogP contribution in [-0.4, -0.2) is 33.2 Å². The number of halogens is 1. The summed E-state index contributed by atoms with van der Waals surface area (Å²) >= 11 is 6.19. The monoisotopic (exact) mass is 283 g/mol. The molecule has 106 valence electrons. The number of rotatable bonds is 6. The van der Waals surface area contributed by atoms with Crippen molar-refractivity contribution in [2.24, 2.45) is 4.99 Å². The summed E-state index contributed by atoms with van der Waals surface area (Å²) in [7, 11) is 3.40. The van der Waals surface area contributed by atoms with E-state index < -0.39 is 0 Å². The lowest BCUT2D eigenvalue weighted by molar-refractivity contribution is 0.414. The van der Waals surface area contributed by atoms with Crippen LogP contribution in [0.4, 0.5) is 0 Å². The van der Waals surface area contributed by atoms with Gasteiger partial charge in [-0.25, -0.2) is 0 Å². The van der Waals surface area contributed by atoms with Crippen LogP contribution < -0.4 is 15.4 Å². The van der Waals surface area contributed by atoms with Gasteiger partial charge in [-0.05, 0) is 30.5 Å². The Balaban J connectivity index is 2.44. The molecule has 1 rings (SSSR count). The van der Waals surface area contributed by atoms with Gasteiger partial charge in [-0.3, -0.25) is 4.99 Å². The third kappa shape index (κ3) is 5.39. The van der Waals surface area contributed by atoms with Gasteiger partial charge in [0.05, 0.1) is 7.11 Å². The molecule has 0 spiro atoms. The Morgan fingerprint density at radius 3 is 2.63 bits per heavy atom. The number of hydrogen-bond acceptors (Lipinski definition) is 2. The number of ether oxygens (including phenoxy) is 1. The van der Waals surface area contributed by atoms with Crippen molar-refractivity contribution in [3.05, 3.63) is 28.8 Å². The first-order valence-electron chi connectivity index (χ1n) is 6.48. The van der Waals surface area contributed by atoms with E-state index in [0.717, 1.165) is 48.2 Å². The standard InChI is InChI=1S/C14H22ClN3O/c1-4-8-17-14(16-2)18-9-7-11-5-6-12(19-3)10-13(11)15/h5-6,10H,4,7-9H2,1-3H3,(H2,16,17,18). The summed E-state index contributed by atoms with van der Waals surface area (Å²) in [4.78, 5) is 4.15. The lowest BCUT2D eigenvalue weighted by Gasteiger charge is -2.12. The Morgan fingerprint density at radius 2 is 2.05 bits per heavy atom. The van der Waals surface area contributed by atoms with E-state index in [-0.39, 0.29) is 0 Å². The molecule has 0 aliphatic carbocycles. The zero-order chi connectivity index (χ0) is 14.1. The molecule has 0 radical (unpaired) electrons. The van der Waals surface area contributed by atoms with Crippen LogP contribution in [-0.2, 0) is 6.42 Å². The highest BCUT2D eigenvalue weighted by Gasteiger charge is 2.03. The molecule has 5 heteroatoms. The van der Waals surface area contributed by atoms with Gasteiger partial charge >= 0.3 is 0 Å². The number of guanidine groups is 1. The van der Waals surface area contributed by atoms with Crippen LogP contribution in [0.15, 0.2) is 23.2 Å². The molecule has 0 bridgehead atoms. The van der Waals surface area contributed by atoms with Crippen molar-refractivity contribution in [1.29, 1.82) is 0 Å². The lowest BCUT2D eigenvalue weighted by atomic mass is 10.1. The van der Waals surface area contributed by atoms with Crippen LogP contribution in [0.1, 0.15) is 18.9 Å². The SMILES string of the molecule is CCCNC(=NC)NCCc1ccc(OC)cc1Cl. The van der Waals surface area contributed by atoms with Gasteiger partial charge in [0, 0.05) is 25.2 Å². The predicted octanol–water partition coefficient (Wildman–Crippen LogP) is 2.47. The molecule has 0 unspecified atom stereocenters. The number of nitrogens with zero attached hydrogens (tertiary/aromatic N) is 1. The van der Waals surface area contributed by atoms with E-state index in [1.54, 1.807) is 14.2 Å². The molecule has 19 heavy (non-hydrogen) atoms. The summed E-state index contributed by atoms with van der Waals surface area (Å²) in [5, 5.41) is 7.22. The van der Waals surface area contributed by atoms with Gasteiger partial charge in [0.2, 0.25) is 0 Å². The average Bonchev–Trinajstić information content (AvgIpc) is 2.44. The van der Waals surface area contributed by atoms with Crippen LogP contribution in [0, 0.1) is 0 Å². The predicted molar refractivity (Wildman–Crippen MR) is 81.4 cm³/mol. The first-order valence-corrected chi connectivity index (χ1v) is 6.86. The summed E-state index contributed by atoms with van der Waals surface area (Å²) in [5.74, 6) is 1.61. The maximum absolute atomic E-state index is 6.19. The zero-order valence-electron chi connectivity index (χ0n) is 11.8. The van der Waals surface area contributed by atoms with E-state index in [0.29, 0.717) is 0 Å². The second kappa shape index (κ2) is 8.64. The zero-order valence-corrected chi connectivity index (χ0v) is 12.5. The van der Waals surface area contributed by atoms with E-state index in [4.69, 9.17) is 16.3 Å². The average molecular weight is 284 g/mol. The normalized spacial score (nSPS) is 11.3. The molecule has 0 saturated heterocycles. The van der Waals surface area contributed by atoms with Crippen molar-refractivity contribution in [2.75, 3.05) is 27.2 Å². The first kappa shape index (κ1) is 15.6. The number of benzene rings is 1. The Morgan fingerprint density at radius 1 is 1.32 bits per heavy atom. The fourth-order valence-electron chi connectivity index (χ4n) is 1.64. The van der Waals surface area contributed by atoms with Crippen molar-refractivity contribution in [1.82, 2.24) is 10.6 Å². The number of nitrogens with one attached hydrogen (secondary N) is 2. The highest BCUT2D eigenvalue weighted by atomic mass is 35.5. The van der Waals surface area contributed by atoms with Crippen molar-refractivity contribution < 1.29 is 4.74 Å². The highest BCUT2D eigenvalue weighted by molar-refractivity contribution is 6.31. The van der Waals surface area contributed by atoms with Gasteiger partial charge in [-0.1, -0.05) is 24.6 Å². The third-order valence-electron chi connectivity index (χ3n) is 2.71. The summed E-state index contributed by atoms with van der Waals surface area (Å²) in [6.45, 7) is 3.83. The topological polar surface area (TPSA) is 45.7 Å². The molecule has 0 amide bonds. The van der Waals surface area contributed by atoms with E-state index in [9.17, 15) is 0 Å². The van der Waals surface area contributed by atoms with E-state index in [1.807, 2.05) is 18.2 Å². The first-order chi connectivity index (χ1) is 9.21. The molecule has 1 aromatic carbocycles. The van der Waals surface area contributed by atoms with Crippen molar-refractivity contribution in [3.63, 3.8) is 0 Å². The van der Waals surface area contributed by atoms with Crippen LogP contribution in [0.3, 0.4) is 0 Å². The molecule has 0 heterocycles. The Hall–Kier alpha value is -1.42. The Labute approximate surface area is 120 Å². The van der Waals surface area contributed by atoms with Crippen molar-refractivity contribution >= 4 is 17.6 Å². The van der Waals surface area contributed by atoms with Crippen molar-refractivity contribution in [2.45, 2.75) is 19.8 Å². The minimum atomic E-state index is 0.734. The molecule has 0 aromatic heterocycles. The number of hydrogen-bond donors (Lipinski definition) is 2. The minimum Gasteiger partial charge on any atom is -0.497 e. The van der Waals surface area contributed by atoms with Gasteiger partial charge in [-0.15, -0.1) is 0 Å². The van der Waals surface area contributed by atoms with Crippen molar-refractivity contribution in [3.8, 4) is 5.75 Å². The molecule has 2 N–H and O–H groups in total. The second-order valence-electron chi connectivity index (χ2n) is 4.13. The molecular formula is C14H22ClN3O. The van der Waals surface area contributed by atoms with E-state index >= 15 is 0 Å². The van der Waals surface area contributed by atoms with Crippen LogP contribution >= 0.6 is 11.6 Å². The minimum absolute atomic E-state index is 0.734. The van der Waals surface area contributed by atoms with Gasteiger partial charge in [0.25, 0.3) is 0 Å². The van der Waals surface area contributed by atoms with Crippen LogP contribution in [0.25, 0.3) is 0 Å². The van der Waals surface area contributed by atoms with Gasteiger partial charge < -0.3 is 15.4 Å². The molecule has 0 fully saturated rings. The maximum Gasteiger partial charge on any atom is 0.190 e. The molecule has 0 aliphatic heterocycles. The van der Waals surface area contributed by atoms with Crippen LogP contribution in [0.2, 0.25) is 5.02 Å². The van der Waals surface area contributed by atoms with E-state index in [2.05, 4.69) is 22.5 Å². The maximum atomic E-state index is 6.19. The summed E-state index contributed by atoms with van der Waals surface area (Å²) in [5.41, 5.74) is 1.10. The van der Waals surface area contributed by atoms with Gasteiger partial charge in [-0.2, -0.15) is 0 Å². The quantitative estimate of drug-likeness (QED) is 0.623. The molecule has 0 saturated carbocycles. The third-order valence-corrected chi connectivity index (χ3v) is 3.06. The molecule has 1 aromatic rings. The van der Waals surface area contributed by atoms with Crippen LogP contribution in [0.5, 0.6) is 5.75 Å². The molecule has 0 aliphatic rings. The van der Waals surface area contributed by atoms with E-state index in [1.165, 1.54) is 0 Å². The summed E-state index contributed by atoms with van der Waals surface area (Å²) in [6.07, 6.45) is 1.92. The lowest BCUT2D eigenvalue weighted by Crippen LogP contribution is -2.38. The molecule has 0 atom stereocenters. The van der Waals surface area contributed by atoms with Gasteiger partial charge in [0.1, 0.15) is 5.75 Å². The number of methoxy groups -OCH3 is 1. The fourth-order valence-corrected chi connectivity index (χ4v) is 1.90.